The van der Waals surface area contributed by atoms with E-state index in [9.17, 15) is 4.79 Å². The van der Waals surface area contributed by atoms with Gasteiger partial charge in [0.2, 0.25) is 11.7 Å². The third-order valence-corrected chi connectivity index (χ3v) is 4.96. The van der Waals surface area contributed by atoms with Crippen LogP contribution in [0.3, 0.4) is 0 Å². The molecule has 1 aliphatic rings. The first-order chi connectivity index (χ1) is 12.7. The van der Waals surface area contributed by atoms with Crippen molar-refractivity contribution in [3.05, 3.63) is 58.6 Å². The molecule has 0 N–H and O–H groups in total. The number of carbonyl (C=O) groups excluding carboxylic acids is 1. The summed E-state index contributed by atoms with van der Waals surface area (Å²) in [6, 6.07) is 15.8. The number of nitrogens with zero attached hydrogens (tertiary/aromatic N) is 5. The Kier molecular flexibility index (Phi) is 4.79. The molecule has 7 heteroatoms. The number of fused-ring (bicyclic) bond motifs is 1. The normalized spacial score (nSPS) is 13.0. The molecule has 132 valence electrons. The van der Waals surface area contributed by atoms with E-state index in [1.54, 1.807) is 4.80 Å². The summed E-state index contributed by atoms with van der Waals surface area (Å²) in [4.78, 5) is 16.0. The second kappa shape index (κ2) is 7.37. The molecule has 0 unspecified atom stereocenters. The van der Waals surface area contributed by atoms with E-state index >= 15 is 0 Å². The monoisotopic (exact) mass is 411 g/mol. The maximum Gasteiger partial charge on any atom is 0.227 e. The standard InChI is InChI=1S/C19H18BrN5O/c20-16-8-9-17-15(13-16)10-12-24(17)18(26)7-4-11-25-22-19(21-23-25)14-5-2-1-3-6-14/h1-3,5-6,8-9,13H,4,7,10-12H2. The zero-order valence-electron chi connectivity index (χ0n) is 14.2. The lowest BCUT2D eigenvalue weighted by molar-refractivity contribution is -0.118. The van der Waals surface area contributed by atoms with Crippen LogP contribution in [0.2, 0.25) is 0 Å². The zero-order valence-corrected chi connectivity index (χ0v) is 15.8. The Morgan fingerprint density at radius 1 is 1.15 bits per heavy atom. The Balaban J connectivity index is 1.33. The van der Waals surface area contributed by atoms with Gasteiger partial charge >= 0.3 is 0 Å². The van der Waals surface area contributed by atoms with E-state index < -0.39 is 0 Å². The van der Waals surface area contributed by atoms with Gasteiger partial charge in [0.15, 0.2) is 0 Å². The van der Waals surface area contributed by atoms with Crippen molar-refractivity contribution >= 4 is 27.5 Å². The highest BCUT2D eigenvalue weighted by Crippen LogP contribution is 2.31. The van der Waals surface area contributed by atoms with E-state index in [0.717, 1.165) is 28.7 Å². The lowest BCUT2D eigenvalue weighted by Gasteiger charge is -2.17. The second-order valence-electron chi connectivity index (χ2n) is 6.25. The molecule has 1 aromatic heterocycles. The summed E-state index contributed by atoms with van der Waals surface area (Å²) in [5, 5.41) is 12.5. The van der Waals surface area contributed by atoms with Crippen molar-refractivity contribution in [1.29, 1.82) is 0 Å². The van der Waals surface area contributed by atoms with Gasteiger partial charge in [-0.25, -0.2) is 0 Å². The van der Waals surface area contributed by atoms with E-state index in [4.69, 9.17) is 0 Å². The summed E-state index contributed by atoms with van der Waals surface area (Å²) in [6.45, 7) is 1.33. The summed E-state index contributed by atoms with van der Waals surface area (Å²) in [5.74, 6) is 0.755. The minimum atomic E-state index is 0.148. The number of aromatic nitrogens is 4. The van der Waals surface area contributed by atoms with Crippen LogP contribution in [0.5, 0.6) is 0 Å². The highest BCUT2D eigenvalue weighted by molar-refractivity contribution is 9.10. The van der Waals surface area contributed by atoms with E-state index in [1.807, 2.05) is 47.4 Å². The van der Waals surface area contributed by atoms with Crippen molar-refractivity contribution in [2.75, 3.05) is 11.4 Å². The van der Waals surface area contributed by atoms with Crippen LogP contribution in [0.15, 0.2) is 53.0 Å². The highest BCUT2D eigenvalue weighted by atomic mass is 79.9. The summed E-state index contributed by atoms with van der Waals surface area (Å²) in [6.07, 6.45) is 2.06. The van der Waals surface area contributed by atoms with Crippen LogP contribution >= 0.6 is 15.9 Å². The first-order valence-electron chi connectivity index (χ1n) is 8.63. The van der Waals surface area contributed by atoms with Crippen molar-refractivity contribution in [1.82, 2.24) is 20.2 Å². The van der Waals surface area contributed by atoms with E-state index in [1.165, 1.54) is 5.56 Å². The Morgan fingerprint density at radius 3 is 2.85 bits per heavy atom. The molecule has 1 amide bonds. The summed E-state index contributed by atoms with van der Waals surface area (Å²) in [7, 11) is 0. The van der Waals surface area contributed by atoms with Crippen molar-refractivity contribution in [3.8, 4) is 11.4 Å². The average molecular weight is 412 g/mol. The third-order valence-electron chi connectivity index (χ3n) is 4.47. The van der Waals surface area contributed by atoms with Crippen molar-refractivity contribution in [2.45, 2.75) is 25.8 Å². The number of rotatable bonds is 5. The number of aryl methyl sites for hydroxylation is 1. The molecule has 0 saturated heterocycles. The number of anilines is 1. The Hall–Kier alpha value is -2.54. The molecule has 0 spiro atoms. The lowest BCUT2D eigenvalue weighted by Crippen LogP contribution is -2.28. The summed E-state index contributed by atoms with van der Waals surface area (Å²) >= 11 is 3.48. The molecule has 4 rings (SSSR count). The molecule has 0 saturated carbocycles. The largest absolute Gasteiger partial charge is 0.312 e. The summed E-state index contributed by atoms with van der Waals surface area (Å²) in [5.41, 5.74) is 3.19. The molecule has 0 atom stereocenters. The van der Waals surface area contributed by atoms with Crippen LogP contribution < -0.4 is 4.90 Å². The number of halogens is 1. The van der Waals surface area contributed by atoms with E-state index in [0.29, 0.717) is 25.2 Å². The maximum atomic E-state index is 12.6. The molecular weight excluding hydrogens is 394 g/mol. The number of carbonyl (C=O) groups is 1. The van der Waals surface area contributed by atoms with E-state index in [2.05, 4.69) is 37.4 Å². The predicted octanol–water partition coefficient (Wildman–Crippen LogP) is 3.47. The van der Waals surface area contributed by atoms with Crippen LogP contribution in [0.4, 0.5) is 5.69 Å². The third kappa shape index (κ3) is 3.53. The fourth-order valence-electron chi connectivity index (χ4n) is 3.18. The molecule has 0 aliphatic carbocycles. The molecule has 26 heavy (non-hydrogen) atoms. The molecule has 2 aromatic carbocycles. The minimum Gasteiger partial charge on any atom is -0.312 e. The van der Waals surface area contributed by atoms with Gasteiger partial charge in [0.05, 0.1) is 6.54 Å². The molecule has 0 radical (unpaired) electrons. The van der Waals surface area contributed by atoms with Gasteiger partial charge in [0.1, 0.15) is 0 Å². The van der Waals surface area contributed by atoms with Gasteiger partial charge in [0, 0.05) is 28.7 Å². The first-order valence-corrected chi connectivity index (χ1v) is 9.42. The topological polar surface area (TPSA) is 63.9 Å². The number of hydrogen-bond acceptors (Lipinski definition) is 4. The Bertz CT molecular complexity index is 925. The number of benzene rings is 2. The average Bonchev–Trinajstić information content (AvgIpc) is 3.29. The molecule has 0 fully saturated rings. The molecule has 0 bridgehead atoms. The second-order valence-corrected chi connectivity index (χ2v) is 7.16. The molecule has 1 aliphatic heterocycles. The van der Waals surface area contributed by atoms with Gasteiger partial charge in [-0.15, -0.1) is 10.2 Å². The fourth-order valence-corrected chi connectivity index (χ4v) is 3.59. The van der Waals surface area contributed by atoms with Crippen molar-refractivity contribution < 1.29 is 4.79 Å². The Labute approximate surface area is 160 Å². The van der Waals surface area contributed by atoms with Crippen LogP contribution in [0.1, 0.15) is 18.4 Å². The quantitative estimate of drug-likeness (QED) is 0.644. The number of tetrazole rings is 1. The highest BCUT2D eigenvalue weighted by Gasteiger charge is 2.24. The zero-order chi connectivity index (χ0) is 17.9. The smallest absolute Gasteiger partial charge is 0.227 e. The van der Waals surface area contributed by atoms with Gasteiger partial charge in [-0.3, -0.25) is 4.79 Å². The first kappa shape index (κ1) is 16.9. The van der Waals surface area contributed by atoms with Crippen LogP contribution in [0, 0.1) is 0 Å². The number of amides is 1. The predicted molar refractivity (Wildman–Crippen MR) is 103 cm³/mol. The SMILES string of the molecule is O=C(CCCn1nnc(-c2ccccc2)n1)N1CCc2cc(Br)ccc21. The molecule has 6 nitrogen and oxygen atoms in total. The van der Waals surface area contributed by atoms with Gasteiger partial charge < -0.3 is 4.90 Å². The van der Waals surface area contributed by atoms with Gasteiger partial charge in [-0.05, 0) is 41.8 Å². The van der Waals surface area contributed by atoms with E-state index in [-0.39, 0.29) is 5.91 Å². The van der Waals surface area contributed by atoms with Crippen molar-refractivity contribution in [3.63, 3.8) is 0 Å². The molecule has 2 heterocycles. The van der Waals surface area contributed by atoms with Crippen LogP contribution in [0.25, 0.3) is 11.4 Å². The van der Waals surface area contributed by atoms with Gasteiger partial charge in [-0.1, -0.05) is 46.3 Å². The van der Waals surface area contributed by atoms with Gasteiger partial charge in [-0.2, -0.15) is 4.80 Å². The van der Waals surface area contributed by atoms with Crippen LogP contribution in [-0.2, 0) is 17.8 Å². The summed E-state index contributed by atoms with van der Waals surface area (Å²) < 4.78 is 1.05. The van der Waals surface area contributed by atoms with Crippen LogP contribution in [-0.4, -0.2) is 32.7 Å². The lowest BCUT2D eigenvalue weighted by atomic mass is 10.2. The fraction of sp³-hybridized carbons (Fsp3) is 0.263. The minimum absolute atomic E-state index is 0.148. The maximum absolute atomic E-state index is 12.6. The van der Waals surface area contributed by atoms with Gasteiger partial charge in [0.25, 0.3) is 0 Å². The van der Waals surface area contributed by atoms with Crippen molar-refractivity contribution in [2.24, 2.45) is 0 Å². The molecular formula is C19H18BrN5O. The Morgan fingerprint density at radius 2 is 2.00 bits per heavy atom. The molecule has 3 aromatic rings. The number of hydrogen-bond donors (Lipinski definition) is 0.